The zero-order valence-electron chi connectivity index (χ0n) is 14.5. The fourth-order valence-electron chi connectivity index (χ4n) is 2.39. The molecule has 2 heterocycles. The summed E-state index contributed by atoms with van der Waals surface area (Å²) in [6, 6.07) is 13.6. The van der Waals surface area contributed by atoms with E-state index in [1.807, 2.05) is 56.3 Å². The van der Waals surface area contributed by atoms with Crippen molar-refractivity contribution in [2.75, 3.05) is 5.32 Å². The molecule has 0 radical (unpaired) electrons. The number of pyridine rings is 1. The molecule has 5 nitrogen and oxygen atoms in total. The van der Waals surface area contributed by atoms with Crippen LogP contribution in [0.4, 0.5) is 5.82 Å². The average molecular weight is 389 g/mol. The van der Waals surface area contributed by atoms with Gasteiger partial charge < -0.3 is 10.1 Å². The molecule has 7 heteroatoms. The van der Waals surface area contributed by atoms with Crippen molar-refractivity contribution in [1.29, 1.82) is 0 Å². The van der Waals surface area contributed by atoms with Gasteiger partial charge in [-0.15, -0.1) is 0 Å². The molecule has 134 valence electrons. The van der Waals surface area contributed by atoms with Crippen molar-refractivity contribution in [2.24, 2.45) is 0 Å². The second-order valence-electron chi connectivity index (χ2n) is 5.74. The van der Waals surface area contributed by atoms with Gasteiger partial charge in [-0.05, 0) is 31.5 Å². The lowest BCUT2D eigenvalue weighted by Crippen LogP contribution is -2.07. The Morgan fingerprint density at radius 2 is 1.73 bits per heavy atom. The fraction of sp³-hybridized carbons (Fsp3) is 0.211. The van der Waals surface area contributed by atoms with Gasteiger partial charge in [-0.2, -0.15) is 0 Å². The minimum atomic E-state index is 0.321. The molecule has 0 bridgehead atoms. The van der Waals surface area contributed by atoms with E-state index in [1.54, 1.807) is 0 Å². The topological polar surface area (TPSA) is 59.9 Å². The lowest BCUT2D eigenvalue weighted by Gasteiger charge is -2.11. The smallest absolute Gasteiger partial charge is 0.171 e. The van der Waals surface area contributed by atoms with E-state index in [4.69, 9.17) is 27.9 Å². The van der Waals surface area contributed by atoms with Crippen LogP contribution in [0.2, 0.25) is 10.2 Å². The largest absolute Gasteiger partial charge is 0.486 e. The molecule has 2 aromatic heterocycles. The summed E-state index contributed by atoms with van der Waals surface area (Å²) in [6.07, 6.45) is 0. The van der Waals surface area contributed by atoms with Crippen LogP contribution >= 0.6 is 23.2 Å². The minimum Gasteiger partial charge on any atom is -0.486 e. The van der Waals surface area contributed by atoms with Crippen molar-refractivity contribution in [3.05, 3.63) is 75.4 Å². The van der Waals surface area contributed by atoms with Crippen molar-refractivity contribution in [1.82, 2.24) is 15.0 Å². The molecule has 26 heavy (non-hydrogen) atoms. The van der Waals surface area contributed by atoms with Gasteiger partial charge in [0.1, 0.15) is 23.3 Å². The van der Waals surface area contributed by atoms with E-state index in [0.29, 0.717) is 40.7 Å². The Morgan fingerprint density at radius 1 is 0.962 bits per heavy atom. The summed E-state index contributed by atoms with van der Waals surface area (Å²) in [5.74, 6) is 1.79. The number of nitrogens with zero attached hydrogens (tertiary/aromatic N) is 3. The van der Waals surface area contributed by atoms with Crippen LogP contribution in [0.3, 0.4) is 0 Å². The third-order valence-electron chi connectivity index (χ3n) is 3.67. The molecule has 3 rings (SSSR count). The van der Waals surface area contributed by atoms with Crippen LogP contribution < -0.4 is 10.1 Å². The number of aromatic nitrogens is 3. The quantitative estimate of drug-likeness (QED) is 0.602. The number of hydrogen-bond donors (Lipinski definition) is 1. The van der Waals surface area contributed by atoms with Crippen molar-refractivity contribution >= 4 is 29.0 Å². The van der Waals surface area contributed by atoms with Gasteiger partial charge in [0, 0.05) is 0 Å². The first-order chi connectivity index (χ1) is 12.5. The van der Waals surface area contributed by atoms with E-state index < -0.39 is 0 Å². The lowest BCUT2D eigenvalue weighted by atomic mass is 10.2. The van der Waals surface area contributed by atoms with Crippen LogP contribution in [0.1, 0.15) is 22.8 Å². The van der Waals surface area contributed by atoms with Crippen LogP contribution in [0.15, 0.2) is 42.5 Å². The number of nitrogens with one attached hydrogen (secondary N) is 1. The number of ether oxygens (including phenoxy) is 1. The van der Waals surface area contributed by atoms with Crippen LogP contribution in [0, 0.1) is 13.8 Å². The third kappa shape index (κ3) is 4.62. The molecule has 0 amide bonds. The van der Waals surface area contributed by atoms with Crippen LogP contribution in [0.25, 0.3) is 0 Å². The van der Waals surface area contributed by atoms with Crippen LogP contribution in [-0.2, 0) is 13.2 Å². The second kappa shape index (κ2) is 8.34. The standard InChI is InChI=1S/C19H18Cl2N4O/c1-12-17(20)19(24-13(2)23-12)22-10-15-8-9-16(18(21)25-15)26-11-14-6-4-3-5-7-14/h3-9H,10-11H2,1-2H3,(H,22,23,24). The molecule has 3 aromatic rings. The first-order valence-corrected chi connectivity index (χ1v) is 8.85. The van der Waals surface area contributed by atoms with Gasteiger partial charge in [-0.25, -0.2) is 15.0 Å². The Labute approximate surface area is 162 Å². The highest BCUT2D eigenvalue weighted by Crippen LogP contribution is 2.25. The summed E-state index contributed by atoms with van der Waals surface area (Å²) in [5.41, 5.74) is 2.56. The van der Waals surface area contributed by atoms with Gasteiger partial charge in [0.25, 0.3) is 0 Å². The van der Waals surface area contributed by atoms with E-state index in [-0.39, 0.29) is 0 Å². The first-order valence-electron chi connectivity index (χ1n) is 8.09. The van der Waals surface area contributed by atoms with Gasteiger partial charge in [0.2, 0.25) is 0 Å². The summed E-state index contributed by atoms with van der Waals surface area (Å²) in [6.45, 7) is 4.54. The monoisotopic (exact) mass is 388 g/mol. The third-order valence-corrected chi connectivity index (χ3v) is 4.40. The molecule has 0 fully saturated rings. The van der Waals surface area contributed by atoms with E-state index in [9.17, 15) is 0 Å². The predicted octanol–water partition coefficient (Wildman–Crippen LogP) is 4.99. The van der Waals surface area contributed by atoms with Gasteiger partial charge in [0.15, 0.2) is 10.9 Å². The van der Waals surface area contributed by atoms with Crippen molar-refractivity contribution in [3.63, 3.8) is 0 Å². The molecule has 0 atom stereocenters. The number of aryl methyl sites for hydroxylation is 2. The summed E-state index contributed by atoms with van der Waals surface area (Å²) in [7, 11) is 0. The van der Waals surface area contributed by atoms with E-state index >= 15 is 0 Å². The molecule has 0 spiro atoms. The lowest BCUT2D eigenvalue weighted by molar-refractivity contribution is 0.305. The van der Waals surface area contributed by atoms with Crippen molar-refractivity contribution in [2.45, 2.75) is 27.0 Å². The highest BCUT2D eigenvalue weighted by atomic mass is 35.5. The minimum absolute atomic E-state index is 0.321. The number of benzene rings is 1. The zero-order valence-corrected chi connectivity index (χ0v) is 16.0. The highest BCUT2D eigenvalue weighted by Gasteiger charge is 2.09. The first kappa shape index (κ1) is 18.4. The average Bonchev–Trinajstić information content (AvgIpc) is 2.63. The Bertz CT molecular complexity index is 904. The Hall–Kier alpha value is -2.37. The predicted molar refractivity (Wildman–Crippen MR) is 104 cm³/mol. The van der Waals surface area contributed by atoms with Gasteiger partial charge in [0.05, 0.1) is 17.9 Å². The van der Waals surface area contributed by atoms with Gasteiger partial charge >= 0.3 is 0 Å². The maximum absolute atomic E-state index is 6.24. The summed E-state index contributed by atoms with van der Waals surface area (Å²) in [4.78, 5) is 12.9. The number of rotatable bonds is 6. The van der Waals surface area contributed by atoms with E-state index in [1.165, 1.54) is 0 Å². The maximum Gasteiger partial charge on any atom is 0.171 e. The number of anilines is 1. The Kier molecular flexibility index (Phi) is 5.91. The van der Waals surface area contributed by atoms with Gasteiger partial charge in [-0.1, -0.05) is 53.5 Å². The normalized spacial score (nSPS) is 10.6. The van der Waals surface area contributed by atoms with E-state index in [0.717, 1.165) is 17.0 Å². The molecular weight excluding hydrogens is 371 g/mol. The van der Waals surface area contributed by atoms with Crippen LogP contribution in [-0.4, -0.2) is 15.0 Å². The zero-order chi connectivity index (χ0) is 18.5. The SMILES string of the molecule is Cc1nc(C)c(Cl)c(NCc2ccc(OCc3ccccc3)c(Cl)n2)n1. The molecule has 0 saturated carbocycles. The number of hydrogen-bond acceptors (Lipinski definition) is 5. The molecule has 0 aliphatic rings. The maximum atomic E-state index is 6.24. The summed E-state index contributed by atoms with van der Waals surface area (Å²) < 4.78 is 5.73. The van der Waals surface area contributed by atoms with Crippen molar-refractivity contribution in [3.8, 4) is 5.75 Å². The molecule has 0 aliphatic carbocycles. The molecule has 1 aromatic carbocycles. The molecule has 0 unspecified atom stereocenters. The summed E-state index contributed by atoms with van der Waals surface area (Å²) in [5, 5.41) is 4.00. The molecule has 1 N–H and O–H groups in total. The number of halogens is 2. The summed E-state index contributed by atoms with van der Waals surface area (Å²) >= 11 is 12.5. The molecular formula is C19H18Cl2N4O. The molecule has 0 saturated heterocycles. The fourth-order valence-corrected chi connectivity index (χ4v) is 2.77. The van der Waals surface area contributed by atoms with Gasteiger partial charge in [-0.3, -0.25) is 0 Å². The molecule has 0 aliphatic heterocycles. The second-order valence-corrected chi connectivity index (χ2v) is 6.47. The van der Waals surface area contributed by atoms with E-state index in [2.05, 4.69) is 20.3 Å². The van der Waals surface area contributed by atoms with Crippen LogP contribution in [0.5, 0.6) is 5.75 Å². The van der Waals surface area contributed by atoms with Crippen molar-refractivity contribution < 1.29 is 4.74 Å². The Balaban J connectivity index is 1.64. The Morgan fingerprint density at radius 3 is 2.46 bits per heavy atom. The highest BCUT2D eigenvalue weighted by molar-refractivity contribution is 6.33.